The normalized spacial score (nSPS) is 10.1. The Labute approximate surface area is 98.1 Å². The van der Waals surface area contributed by atoms with Gasteiger partial charge in [0.15, 0.2) is 6.61 Å². The van der Waals surface area contributed by atoms with Crippen LogP contribution in [0.25, 0.3) is 0 Å². The second-order valence-corrected chi connectivity index (χ2v) is 3.50. The highest BCUT2D eigenvalue weighted by Crippen LogP contribution is 2.20. The van der Waals surface area contributed by atoms with Gasteiger partial charge in [-0.25, -0.2) is 9.78 Å². The lowest BCUT2D eigenvalue weighted by Crippen LogP contribution is -2.10. The number of para-hydroxylation sites is 1. The van der Waals surface area contributed by atoms with Crippen LogP contribution in [0.1, 0.15) is 11.4 Å². The molecule has 0 fully saturated rings. The molecule has 0 radical (unpaired) electrons. The van der Waals surface area contributed by atoms with Gasteiger partial charge in [0.1, 0.15) is 11.6 Å². The Morgan fingerprint density at radius 3 is 2.94 bits per heavy atom. The van der Waals surface area contributed by atoms with Crippen molar-refractivity contribution < 1.29 is 14.6 Å². The molecule has 0 unspecified atom stereocenters. The number of hydrogen-bond donors (Lipinski definition) is 2. The zero-order chi connectivity index (χ0) is 12.1. The summed E-state index contributed by atoms with van der Waals surface area (Å²) in [5.74, 6) is 0.403. The summed E-state index contributed by atoms with van der Waals surface area (Å²) in [5, 5.41) is 8.58. The van der Waals surface area contributed by atoms with Crippen molar-refractivity contribution in [2.75, 3.05) is 6.61 Å². The number of hydrogen-bond acceptors (Lipinski definition) is 3. The van der Waals surface area contributed by atoms with Crippen LogP contribution in [-0.4, -0.2) is 27.7 Å². The number of carboxylic acid groups (broad SMARTS) is 1. The number of aliphatic carboxylic acids is 1. The van der Waals surface area contributed by atoms with Gasteiger partial charge in [0.25, 0.3) is 0 Å². The van der Waals surface area contributed by atoms with E-state index in [1.165, 1.54) is 0 Å². The molecule has 88 valence electrons. The van der Waals surface area contributed by atoms with Crippen LogP contribution in [0.15, 0.2) is 36.7 Å². The highest BCUT2D eigenvalue weighted by Gasteiger charge is 2.07. The molecule has 0 aliphatic carbocycles. The highest BCUT2D eigenvalue weighted by molar-refractivity contribution is 5.68. The van der Waals surface area contributed by atoms with E-state index in [0.29, 0.717) is 12.2 Å². The van der Waals surface area contributed by atoms with Crippen molar-refractivity contribution in [3.8, 4) is 5.75 Å². The quantitative estimate of drug-likeness (QED) is 0.818. The number of imidazole rings is 1. The molecule has 0 spiro atoms. The Hall–Kier alpha value is -2.30. The molecular weight excluding hydrogens is 220 g/mol. The largest absolute Gasteiger partial charge is 0.482 e. The summed E-state index contributed by atoms with van der Waals surface area (Å²) in [7, 11) is 0. The van der Waals surface area contributed by atoms with E-state index in [-0.39, 0.29) is 6.61 Å². The monoisotopic (exact) mass is 232 g/mol. The summed E-state index contributed by atoms with van der Waals surface area (Å²) in [6, 6.07) is 7.33. The van der Waals surface area contributed by atoms with Crippen molar-refractivity contribution in [3.05, 3.63) is 48.0 Å². The standard InChI is InChI=1S/C12H12N2O3/c15-12(16)8-17-10-4-2-1-3-9(10)7-11-13-5-6-14-11/h1-6H,7-8H2,(H,13,14)(H,15,16). The minimum atomic E-state index is -0.988. The van der Waals surface area contributed by atoms with Gasteiger partial charge in [-0.15, -0.1) is 0 Å². The minimum Gasteiger partial charge on any atom is -0.482 e. The lowest BCUT2D eigenvalue weighted by Gasteiger charge is -2.08. The number of carboxylic acids is 1. The van der Waals surface area contributed by atoms with Crippen molar-refractivity contribution in [1.29, 1.82) is 0 Å². The van der Waals surface area contributed by atoms with Crippen LogP contribution in [0.3, 0.4) is 0 Å². The summed E-state index contributed by atoms with van der Waals surface area (Å²) >= 11 is 0. The molecule has 0 aliphatic rings. The predicted molar refractivity (Wildman–Crippen MR) is 61.0 cm³/mol. The molecule has 2 N–H and O–H groups in total. The van der Waals surface area contributed by atoms with Gasteiger partial charge in [0.2, 0.25) is 0 Å². The van der Waals surface area contributed by atoms with Gasteiger partial charge in [-0.05, 0) is 6.07 Å². The number of nitrogens with one attached hydrogen (secondary N) is 1. The number of H-pyrrole nitrogens is 1. The fraction of sp³-hybridized carbons (Fsp3) is 0.167. The van der Waals surface area contributed by atoms with E-state index in [9.17, 15) is 4.79 Å². The molecule has 1 aromatic carbocycles. The maximum Gasteiger partial charge on any atom is 0.341 e. The number of aromatic amines is 1. The maximum atomic E-state index is 10.5. The van der Waals surface area contributed by atoms with Crippen LogP contribution < -0.4 is 4.74 Å². The zero-order valence-corrected chi connectivity index (χ0v) is 9.09. The first-order valence-electron chi connectivity index (χ1n) is 5.16. The van der Waals surface area contributed by atoms with Gasteiger partial charge in [-0.1, -0.05) is 18.2 Å². The highest BCUT2D eigenvalue weighted by atomic mass is 16.5. The molecule has 0 bridgehead atoms. The topological polar surface area (TPSA) is 75.2 Å². The fourth-order valence-electron chi connectivity index (χ4n) is 1.51. The van der Waals surface area contributed by atoms with Crippen LogP contribution in [0.5, 0.6) is 5.75 Å². The molecular formula is C12H12N2O3. The third kappa shape index (κ3) is 3.07. The number of nitrogens with zero attached hydrogens (tertiary/aromatic N) is 1. The summed E-state index contributed by atoms with van der Waals surface area (Å²) in [5.41, 5.74) is 0.906. The van der Waals surface area contributed by atoms with Gasteiger partial charge in [0, 0.05) is 24.4 Å². The Bertz CT molecular complexity index is 494. The van der Waals surface area contributed by atoms with E-state index in [1.54, 1.807) is 18.5 Å². The van der Waals surface area contributed by atoms with Crippen LogP contribution in [-0.2, 0) is 11.2 Å². The molecule has 0 saturated heterocycles. The number of ether oxygens (including phenoxy) is 1. The van der Waals surface area contributed by atoms with Crippen LogP contribution in [0.4, 0.5) is 0 Å². The summed E-state index contributed by atoms with van der Waals surface area (Å²) in [6.07, 6.45) is 4.01. The molecule has 2 rings (SSSR count). The summed E-state index contributed by atoms with van der Waals surface area (Å²) in [6.45, 7) is -0.338. The van der Waals surface area contributed by atoms with Crippen LogP contribution >= 0.6 is 0 Å². The lowest BCUT2D eigenvalue weighted by atomic mass is 10.1. The molecule has 0 amide bonds. The van der Waals surface area contributed by atoms with Crippen molar-refractivity contribution in [2.24, 2.45) is 0 Å². The number of benzene rings is 1. The first kappa shape index (κ1) is 11.2. The maximum absolute atomic E-state index is 10.5. The Kier molecular flexibility index (Phi) is 3.40. The molecule has 5 heteroatoms. The van der Waals surface area contributed by atoms with E-state index in [2.05, 4.69) is 9.97 Å². The molecule has 17 heavy (non-hydrogen) atoms. The Morgan fingerprint density at radius 1 is 1.41 bits per heavy atom. The smallest absolute Gasteiger partial charge is 0.341 e. The Balaban J connectivity index is 2.13. The molecule has 1 heterocycles. The van der Waals surface area contributed by atoms with E-state index in [0.717, 1.165) is 11.4 Å². The molecule has 2 aromatic rings. The number of aromatic nitrogens is 2. The molecule has 0 saturated carbocycles. The SMILES string of the molecule is O=C(O)COc1ccccc1Cc1ncc[nH]1. The van der Waals surface area contributed by atoms with Gasteiger partial charge < -0.3 is 14.8 Å². The van der Waals surface area contributed by atoms with Crippen molar-refractivity contribution in [1.82, 2.24) is 9.97 Å². The van der Waals surface area contributed by atoms with Crippen LogP contribution in [0.2, 0.25) is 0 Å². The third-order valence-corrected chi connectivity index (χ3v) is 2.24. The fourth-order valence-corrected chi connectivity index (χ4v) is 1.51. The van der Waals surface area contributed by atoms with Crippen molar-refractivity contribution >= 4 is 5.97 Å². The number of carbonyl (C=O) groups is 1. The molecule has 5 nitrogen and oxygen atoms in total. The van der Waals surface area contributed by atoms with Crippen LogP contribution in [0, 0.1) is 0 Å². The second-order valence-electron chi connectivity index (χ2n) is 3.50. The predicted octanol–water partition coefficient (Wildman–Crippen LogP) is 1.46. The van der Waals surface area contributed by atoms with E-state index < -0.39 is 5.97 Å². The second kappa shape index (κ2) is 5.16. The van der Waals surface area contributed by atoms with Gasteiger partial charge in [0.05, 0.1) is 0 Å². The van der Waals surface area contributed by atoms with Gasteiger partial charge in [-0.3, -0.25) is 0 Å². The van der Waals surface area contributed by atoms with E-state index in [1.807, 2.05) is 18.2 Å². The van der Waals surface area contributed by atoms with E-state index >= 15 is 0 Å². The first-order valence-corrected chi connectivity index (χ1v) is 5.16. The minimum absolute atomic E-state index is 0.338. The summed E-state index contributed by atoms with van der Waals surface area (Å²) in [4.78, 5) is 17.6. The van der Waals surface area contributed by atoms with Gasteiger partial charge >= 0.3 is 5.97 Å². The molecule has 0 atom stereocenters. The van der Waals surface area contributed by atoms with Crippen molar-refractivity contribution in [2.45, 2.75) is 6.42 Å². The first-order chi connectivity index (χ1) is 8.25. The van der Waals surface area contributed by atoms with Gasteiger partial charge in [-0.2, -0.15) is 0 Å². The van der Waals surface area contributed by atoms with E-state index in [4.69, 9.17) is 9.84 Å². The Morgan fingerprint density at radius 2 is 2.24 bits per heavy atom. The average Bonchev–Trinajstić information content (AvgIpc) is 2.80. The third-order valence-electron chi connectivity index (χ3n) is 2.24. The molecule has 0 aliphatic heterocycles. The molecule has 1 aromatic heterocycles. The lowest BCUT2D eigenvalue weighted by molar-refractivity contribution is -0.139. The van der Waals surface area contributed by atoms with Crippen molar-refractivity contribution in [3.63, 3.8) is 0 Å². The number of rotatable bonds is 5. The zero-order valence-electron chi connectivity index (χ0n) is 9.09. The summed E-state index contributed by atoms with van der Waals surface area (Å²) < 4.78 is 5.21. The average molecular weight is 232 g/mol.